The van der Waals surface area contributed by atoms with E-state index in [0.717, 1.165) is 11.4 Å². The molecule has 3 N–H and O–H groups in total. The van der Waals surface area contributed by atoms with E-state index in [0.29, 0.717) is 35.1 Å². The molecular formula is C23H22ClFN6O2. The molecule has 0 radical (unpaired) electrons. The molecule has 0 bridgehead atoms. The van der Waals surface area contributed by atoms with Crippen LogP contribution in [0.5, 0.6) is 0 Å². The van der Waals surface area contributed by atoms with Crippen LogP contribution in [0.2, 0.25) is 5.02 Å². The summed E-state index contributed by atoms with van der Waals surface area (Å²) in [4.78, 5) is 27.1. The van der Waals surface area contributed by atoms with E-state index >= 15 is 0 Å². The molecule has 8 nitrogen and oxygen atoms in total. The van der Waals surface area contributed by atoms with Crippen LogP contribution in [0.3, 0.4) is 0 Å². The first-order valence-electron chi connectivity index (χ1n) is 10.6. The van der Waals surface area contributed by atoms with E-state index in [1.165, 1.54) is 12.1 Å². The van der Waals surface area contributed by atoms with Gasteiger partial charge >= 0.3 is 0 Å². The highest BCUT2D eigenvalue weighted by Crippen LogP contribution is 2.38. The molecule has 2 aliphatic heterocycles. The van der Waals surface area contributed by atoms with Crippen molar-refractivity contribution in [1.29, 1.82) is 0 Å². The maximum Gasteiger partial charge on any atom is 0.258 e. The van der Waals surface area contributed by atoms with Gasteiger partial charge < -0.3 is 20.9 Å². The van der Waals surface area contributed by atoms with Crippen molar-refractivity contribution < 1.29 is 14.0 Å². The van der Waals surface area contributed by atoms with Crippen LogP contribution in [0.1, 0.15) is 21.5 Å². The van der Waals surface area contributed by atoms with E-state index < -0.39 is 5.82 Å². The van der Waals surface area contributed by atoms with Crippen LogP contribution >= 0.6 is 11.6 Å². The van der Waals surface area contributed by atoms with Crippen LogP contribution in [-0.2, 0) is 24.9 Å². The Hall–Kier alpha value is -3.43. The number of carbonyl (C=O) groups excluding carboxylic acids is 2. The molecule has 2 amide bonds. The number of benzene rings is 2. The Balaban J connectivity index is 1.41. The molecule has 33 heavy (non-hydrogen) atoms. The first kappa shape index (κ1) is 21.4. The van der Waals surface area contributed by atoms with E-state index in [1.54, 1.807) is 40.0 Å². The van der Waals surface area contributed by atoms with Gasteiger partial charge in [0.1, 0.15) is 11.6 Å². The van der Waals surface area contributed by atoms with Gasteiger partial charge in [0, 0.05) is 48.4 Å². The Morgan fingerprint density at radius 3 is 2.79 bits per heavy atom. The zero-order valence-electron chi connectivity index (χ0n) is 17.9. The Morgan fingerprint density at radius 2 is 2.06 bits per heavy atom. The molecule has 5 rings (SSSR count). The smallest absolute Gasteiger partial charge is 0.258 e. The average Bonchev–Trinajstić information content (AvgIpc) is 3.00. The number of hydrogen-bond donors (Lipinski definition) is 3. The highest BCUT2D eigenvalue weighted by molar-refractivity contribution is 6.31. The van der Waals surface area contributed by atoms with Crippen molar-refractivity contribution in [3.05, 3.63) is 70.1 Å². The molecule has 0 unspecified atom stereocenters. The van der Waals surface area contributed by atoms with Gasteiger partial charge in [-0.25, -0.2) is 4.39 Å². The van der Waals surface area contributed by atoms with Crippen molar-refractivity contribution in [3.63, 3.8) is 0 Å². The summed E-state index contributed by atoms with van der Waals surface area (Å²) in [7, 11) is 1.81. The lowest BCUT2D eigenvalue weighted by Crippen LogP contribution is -2.50. The topological polar surface area (TPSA) is 91.3 Å². The zero-order valence-corrected chi connectivity index (χ0v) is 18.6. The molecule has 3 aromatic rings. The lowest BCUT2D eigenvalue weighted by molar-refractivity contribution is -0.126. The molecule has 1 fully saturated rings. The Bertz CT molecular complexity index is 1260. The number of aromatic nitrogens is 2. The maximum absolute atomic E-state index is 14.8. The van der Waals surface area contributed by atoms with Gasteiger partial charge in [0.05, 0.1) is 30.0 Å². The second-order valence-electron chi connectivity index (χ2n) is 8.20. The summed E-state index contributed by atoms with van der Waals surface area (Å²) in [6, 6.07) is 9.54. The lowest BCUT2D eigenvalue weighted by atomic mass is 10.0. The highest BCUT2D eigenvalue weighted by Gasteiger charge is 2.28. The number of halogens is 2. The van der Waals surface area contributed by atoms with Gasteiger partial charge in [-0.15, -0.1) is 0 Å². The van der Waals surface area contributed by atoms with Gasteiger partial charge in [0.2, 0.25) is 5.91 Å². The van der Waals surface area contributed by atoms with Crippen molar-refractivity contribution in [2.45, 2.75) is 13.1 Å². The molecule has 170 valence electrons. The third-order valence-corrected chi connectivity index (χ3v) is 6.23. The summed E-state index contributed by atoms with van der Waals surface area (Å²) in [6.07, 6.45) is 1.69. The van der Waals surface area contributed by atoms with E-state index in [2.05, 4.69) is 21.0 Å². The van der Waals surface area contributed by atoms with Crippen LogP contribution in [0, 0.1) is 11.7 Å². The second-order valence-corrected chi connectivity index (χ2v) is 8.64. The third-order valence-electron chi connectivity index (χ3n) is 6.00. The van der Waals surface area contributed by atoms with E-state index in [-0.39, 0.29) is 36.4 Å². The number of nitrogens with one attached hydrogen (secondary N) is 3. The van der Waals surface area contributed by atoms with Gasteiger partial charge in [0.15, 0.2) is 0 Å². The summed E-state index contributed by atoms with van der Waals surface area (Å²) in [5.74, 6) is -0.316. The Labute approximate surface area is 194 Å². The molecule has 0 spiro atoms. The SMILES string of the molecule is Cn1ncc2c1Nc1cc(Cl)ccc1N(C(=O)c1ccc(CNC(=O)C3CNC3)c(F)c1)C2. The Morgan fingerprint density at radius 1 is 1.24 bits per heavy atom. The summed E-state index contributed by atoms with van der Waals surface area (Å²) in [6.45, 7) is 1.61. The number of anilines is 3. The number of fused-ring (bicyclic) bond motifs is 2. The van der Waals surface area contributed by atoms with Crippen LogP contribution in [-0.4, -0.2) is 34.7 Å². The molecule has 1 aromatic heterocycles. The van der Waals surface area contributed by atoms with Crippen LogP contribution < -0.4 is 20.9 Å². The highest BCUT2D eigenvalue weighted by atomic mass is 35.5. The number of rotatable bonds is 4. The summed E-state index contributed by atoms with van der Waals surface area (Å²) >= 11 is 6.19. The lowest BCUT2D eigenvalue weighted by Gasteiger charge is -2.25. The molecular weight excluding hydrogens is 447 g/mol. The van der Waals surface area contributed by atoms with E-state index in [4.69, 9.17) is 11.6 Å². The number of carbonyl (C=O) groups is 2. The van der Waals surface area contributed by atoms with Gasteiger partial charge in [-0.1, -0.05) is 17.7 Å². The molecule has 2 aromatic carbocycles. The molecule has 0 atom stereocenters. The van der Waals surface area contributed by atoms with E-state index in [9.17, 15) is 14.0 Å². The molecule has 2 aliphatic rings. The van der Waals surface area contributed by atoms with Crippen molar-refractivity contribution in [1.82, 2.24) is 20.4 Å². The monoisotopic (exact) mass is 468 g/mol. The minimum Gasteiger partial charge on any atom is -0.352 e. The first-order valence-corrected chi connectivity index (χ1v) is 10.9. The van der Waals surface area contributed by atoms with Crippen molar-refractivity contribution >= 4 is 40.6 Å². The van der Waals surface area contributed by atoms with Crippen molar-refractivity contribution in [3.8, 4) is 0 Å². The van der Waals surface area contributed by atoms with Gasteiger partial charge in [-0.3, -0.25) is 14.3 Å². The normalized spacial score (nSPS) is 15.1. The summed E-state index contributed by atoms with van der Waals surface area (Å²) in [5, 5.41) is 13.9. The standard InChI is InChI=1S/C23H22ClFN6O2/c1-30-21-16(11-28-30)12-31(20-5-4-17(24)7-19(20)29-21)23(33)13-2-3-14(18(25)6-13)10-27-22(32)15-8-26-9-15/h2-7,11,15,26,29H,8-10,12H2,1H3,(H,27,32). The second kappa shape index (κ2) is 8.49. The number of nitrogens with zero attached hydrogens (tertiary/aromatic N) is 3. The van der Waals surface area contributed by atoms with Crippen LogP contribution in [0.15, 0.2) is 42.6 Å². The molecule has 0 aliphatic carbocycles. The van der Waals surface area contributed by atoms with E-state index in [1.807, 2.05) is 7.05 Å². The third kappa shape index (κ3) is 4.05. The zero-order chi connectivity index (χ0) is 23.1. The number of aryl methyl sites for hydroxylation is 1. The van der Waals surface area contributed by atoms with Crippen molar-refractivity contribution in [2.75, 3.05) is 23.3 Å². The van der Waals surface area contributed by atoms with Gasteiger partial charge in [0.25, 0.3) is 5.91 Å². The average molecular weight is 469 g/mol. The maximum atomic E-state index is 14.8. The predicted octanol–water partition coefficient (Wildman–Crippen LogP) is 2.95. The predicted molar refractivity (Wildman–Crippen MR) is 123 cm³/mol. The fourth-order valence-electron chi connectivity index (χ4n) is 3.95. The Kier molecular flexibility index (Phi) is 5.51. The summed E-state index contributed by atoms with van der Waals surface area (Å²) in [5.41, 5.74) is 2.64. The van der Waals surface area contributed by atoms with Crippen LogP contribution in [0.25, 0.3) is 0 Å². The first-order chi connectivity index (χ1) is 15.9. The largest absolute Gasteiger partial charge is 0.352 e. The number of hydrogen-bond acceptors (Lipinski definition) is 5. The molecule has 1 saturated heterocycles. The summed E-state index contributed by atoms with van der Waals surface area (Å²) < 4.78 is 16.5. The molecule has 3 heterocycles. The van der Waals surface area contributed by atoms with Crippen LogP contribution in [0.4, 0.5) is 21.6 Å². The minimum atomic E-state index is -0.542. The van der Waals surface area contributed by atoms with Gasteiger partial charge in [-0.2, -0.15) is 5.10 Å². The fraction of sp³-hybridized carbons (Fsp3) is 0.261. The molecule has 10 heteroatoms. The molecule has 0 saturated carbocycles. The minimum absolute atomic E-state index is 0.0727. The van der Waals surface area contributed by atoms with Crippen molar-refractivity contribution in [2.24, 2.45) is 13.0 Å². The van der Waals surface area contributed by atoms with Gasteiger partial charge in [-0.05, 0) is 30.3 Å². The number of amides is 2. The quantitative estimate of drug-likeness (QED) is 0.547. The fourth-order valence-corrected chi connectivity index (χ4v) is 4.12.